The van der Waals surface area contributed by atoms with E-state index in [4.69, 9.17) is 0 Å². The van der Waals surface area contributed by atoms with Crippen molar-refractivity contribution in [2.24, 2.45) is 0 Å². The Bertz CT molecular complexity index is 284. The van der Waals surface area contributed by atoms with Gasteiger partial charge < -0.3 is 10.2 Å². The molecule has 0 amide bonds. The molecule has 15 heavy (non-hydrogen) atoms. The molecule has 0 spiro atoms. The monoisotopic (exact) mass is 204 g/mol. The molecule has 0 aromatic heterocycles. The van der Waals surface area contributed by atoms with Gasteiger partial charge >= 0.3 is 0 Å². The zero-order valence-electron chi connectivity index (χ0n) is 9.45. The summed E-state index contributed by atoms with van der Waals surface area (Å²) < 4.78 is 0. The van der Waals surface area contributed by atoms with Gasteiger partial charge in [0.25, 0.3) is 0 Å². The van der Waals surface area contributed by atoms with Crippen LogP contribution in [0.5, 0.6) is 0 Å². The van der Waals surface area contributed by atoms with Crippen LogP contribution in [0.3, 0.4) is 0 Å². The van der Waals surface area contributed by atoms with Crippen molar-refractivity contribution in [1.29, 1.82) is 0 Å². The second-order valence-electron chi connectivity index (χ2n) is 4.44. The Labute approximate surface area is 92.3 Å². The average molecular weight is 204 g/mol. The Morgan fingerprint density at radius 1 is 1.13 bits per heavy atom. The quantitative estimate of drug-likeness (QED) is 0.796. The molecular weight excluding hydrogens is 184 g/mol. The molecule has 1 aliphatic rings. The summed E-state index contributed by atoms with van der Waals surface area (Å²) in [5.74, 6) is 0. The minimum absolute atomic E-state index is 0.650. The summed E-state index contributed by atoms with van der Waals surface area (Å²) in [6.45, 7) is 2.46. The minimum Gasteiger partial charge on any atom is -0.382 e. The molecule has 0 saturated carbocycles. The summed E-state index contributed by atoms with van der Waals surface area (Å²) in [5, 5.41) is 3.61. The van der Waals surface area contributed by atoms with E-state index in [0.717, 1.165) is 0 Å². The molecule has 2 nitrogen and oxygen atoms in total. The first kappa shape index (κ1) is 10.5. The molecule has 82 valence electrons. The second kappa shape index (κ2) is 5.17. The van der Waals surface area contributed by atoms with Gasteiger partial charge in [-0.2, -0.15) is 0 Å². The standard InChI is InChI=1S/C13H20N2/c1-15-10-5-8-13(9-11-15)14-12-6-3-2-4-7-12/h2-4,6-7,13-14H,5,8-11H2,1H3/t13-/m1/s1. The molecule has 1 aromatic rings. The molecule has 2 heteroatoms. The molecule has 0 unspecified atom stereocenters. The van der Waals surface area contributed by atoms with Crippen molar-refractivity contribution in [2.45, 2.75) is 25.3 Å². The van der Waals surface area contributed by atoms with Crippen LogP contribution in [0.1, 0.15) is 19.3 Å². The summed E-state index contributed by atoms with van der Waals surface area (Å²) in [6, 6.07) is 11.2. The molecule has 0 bridgehead atoms. The van der Waals surface area contributed by atoms with E-state index >= 15 is 0 Å². The normalized spacial score (nSPS) is 23.4. The number of benzene rings is 1. The van der Waals surface area contributed by atoms with E-state index < -0.39 is 0 Å². The van der Waals surface area contributed by atoms with Crippen molar-refractivity contribution in [1.82, 2.24) is 4.90 Å². The third kappa shape index (κ3) is 3.24. The Morgan fingerprint density at radius 2 is 1.93 bits per heavy atom. The van der Waals surface area contributed by atoms with E-state index in [9.17, 15) is 0 Å². The van der Waals surface area contributed by atoms with Crippen molar-refractivity contribution >= 4 is 5.69 Å². The molecule has 0 aliphatic carbocycles. The van der Waals surface area contributed by atoms with Crippen molar-refractivity contribution in [3.8, 4) is 0 Å². The highest BCUT2D eigenvalue weighted by atomic mass is 15.1. The van der Waals surface area contributed by atoms with Gasteiger partial charge in [-0.15, -0.1) is 0 Å². The molecule has 1 heterocycles. The smallest absolute Gasteiger partial charge is 0.0342 e. The number of para-hydroxylation sites is 1. The molecule has 1 aromatic carbocycles. The van der Waals surface area contributed by atoms with Gasteiger partial charge in [-0.25, -0.2) is 0 Å². The van der Waals surface area contributed by atoms with E-state index in [0.29, 0.717) is 6.04 Å². The molecule has 1 saturated heterocycles. The number of rotatable bonds is 2. The topological polar surface area (TPSA) is 15.3 Å². The van der Waals surface area contributed by atoms with Gasteiger partial charge in [-0.1, -0.05) is 18.2 Å². The van der Waals surface area contributed by atoms with E-state index in [1.165, 1.54) is 38.0 Å². The van der Waals surface area contributed by atoms with Crippen molar-refractivity contribution in [3.05, 3.63) is 30.3 Å². The highest BCUT2D eigenvalue weighted by Crippen LogP contribution is 2.15. The summed E-state index contributed by atoms with van der Waals surface area (Å²) in [5.41, 5.74) is 1.26. The summed E-state index contributed by atoms with van der Waals surface area (Å²) in [4.78, 5) is 2.42. The lowest BCUT2D eigenvalue weighted by molar-refractivity contribution is 0.348. The van der Waals surface area contributed by atoms with Crippen molar-refractivity contribution in [2.75, 3.05) is 25.5 Å². The van der Waals surface area contributed by atoms with Crippen molar-refractivity contribution < 1.29 is 0 Å². The van der Waals surface area contributed by atoms with Gasteiger partial charge in [-0.3, -0.25) is 0 Å². The van der Waals surface area contributed by atoms with Gasteiger partial charge in [-0.05, 0) is 51.5 Å². The fourth-order valence-corrected chi connectivity index (χ4v) is 2.15. The van der Waals surface area contributed by atoms with Crippen LogP contribution in [-0.4, -0.2) is 31.1 Å². The van der Waals surface area contributed by atoms with E-state index in [1.54, 1.807) is 0 Å². The molecule has 1 aliphatic heterocycles. The SMILES string of the molecule is CN1CCC[C@@H](Nc2ccccc2)CC1. The third-order valence-corrected chi connectivity index (χ3v) is 3.10. The van der Waals surface area contributed by atoms with Crippen molar-refractivity contribution in [3.63, 3.8) is 0 Å². The fraction of sp³-hybridized carbons (Fsp3) is 0.538. The highest BCUT2D eigenvalue weighted by molar-refractivity contribution is 5.43. The van der Waals surface area contributed by atoms with Crippen LogP contribution in [0, 0.1) is 0 Å². The first-order chi connectivity index (χ1) is 7.34. The van der Waals surface area contributed by atoms with E-state index in [1.807, 2.05) is 0 Å². The van der Waals surface area contributed by atoms with E-state index in [-0.39, 0.29) is 0 Å². The van der Waals surface area contributed by atoms with Gasteiger partial charge in [0.15, 0.2) is 0 Å². The maximum absolute atomic E-state index is 3.61. The zero-order valence-corrected chi connectivity index (χ0v) is 9.45. The maximum Gasteiger partial charge on any atom is 0.0342 e. The molecule has 0 radical (unpaired) electrons. The summed E-state index contributed by atoms with van der Waals surface area (Å²) in [6.07, 6.45) is 3.85. The van der Waals surface area contributed by atoms with Gasteiger partial charge in [0, 0.05) is 11.7 Å². The van der Waals surface area contributed by atoms with Gasteiger partial charge in [0.05, 0.1) is 0 Å². The average Bonchev–Trinajstić information content (AvgIpc) is 2.46. The third-order valence-electron chi connectivity index (χ3n) is 3.10. The lowest BCUT2D eigenvalue weighted by Gasteiger charge is -2.17. The number of nitrogens with one attached hydrogen (secondary N) is 1. The van der Waals surface area contributed by atoms with Crippen LogP contribution in [0.4, 0.5) is 5.69 Å². The van der Waals surface area contributed by atoms with Crippen LogP contribution < -0.4 is 5.32 Å². The summed E-state index contributed by atoms with van der Waals surface area (Å²) in [7, 11) is 2.21. The number of nitrogens with zero attached hydrogens (tertiary/aromatic N) is 1. The predicted molar refractivity (Wildman–Crippen MR) is 65.2 cm³/mol. The van der Waals surface area contributed by atoms with Crippen LogP contribution in [0.15, 0.2) is 30.3 Å². The highest BCUT2D eigenvalue weighted by Gasteiger charge is 2.13. The zero-order chi connectivity index (χ0) is 10.5. The molecule has 1 atom stereocenters. The Hall–Kier alpha value is -1.02. The van der Waals surface area contributed by atoms with Crippen LogP contribution in [-0.2, 0) is 0 Å². The molecule has 1 N–H and O–H groups in total. The van der Waals surface area contributed by atoms with Crippen LogP contribution in [0.25, 0.3) is 0 Å². The lowest BCUT2D eigenvalue weighted by atomic mass is 10.1. The Morgan fingerprint density at radius 3 is 2.73 bits per heavy atom. The first-order valence-corrected chi connectivity index (χ1v) is 5.85. The second-order valence-corrected chi connectivity index (χ2v) is 4.44. The molecular formula is C13H20N2. The number of hydrogen-bond acceptors (Lipinski definition) is 2. The predicted octanol–water partition coefficient (Wildman–Crippen LogP) is 2.58. The van der Waals surface area contributed by atoms with Gasteiger partial charge in [0.2, 0.25) is 0 Å². The molecule has 2 rings (SSSR count). The Kier molecular flexibility index (Phi) is 3.62. The van der Waals surface area contributed by atoms with Crippen LogP contribution >= 0.6 is 0 Å². The number of likely N-dealkylation sites (tertiary alicyclic amines) is 1. The largest absolute Gasteiger partial charge is 0.382 e. The number of anilines is 1. The lowest BCUT2D eigenvalue weighted by Crippen LogP contribution is -2.22. The van der Waals surface area contributed by atoms with E-state index in [2.05, 4.69) is 47.6 Å². The van der Waals surface area contributed by atoms with Crippen LogP contribution in [0.2, 0.25) is 0 Å². The number of hydrogen-bond donors (Lipinski definition) is 1. The molecule has 1 fully saturated rings. The van der Waals surface area contributed by atoms with Gasteiger partial charge in [0.1, 0.15) is 0 Å². The fourth-order valence-electron chi connectivity index (χ4n) is 2.15. The Balaban J connectivity index is 1.89. The minimum atomic E-state index is 0.650. The maximum atomic E-state index is 3.61. The summed E-state index contributed by atoms with van der Waals surface area (Å²) >= 11 is 0. The first-order valence-electron chi connectivity index (χ1n) is 5.85.